The van der Waals surface area contributed by atoms with E-state index in [4.69, 9.17) is 11.6 Å². The van der Waals surface area contributed by atoms with Crippen LogP contribution in [0.2, 0.25) is 0 Å². The van der Waals surface area contributed by atoms with Crippen LogP contribution in [0, 0.1) is 0 Å². The molecule has 0 aliphatic heterocycles. The molecule has 0 bridgehead atoms. The molecular weight excluding hydrogens is 166 g/mol. The average Bonchev–Trinajstić information content (AvgIpc) is 1.94. The molecule has 0 rings (SSSR count). The highest BCUT2D eigenvalue weighted by Crippen LogP contribution is 2.08. The minimum atomic E-state index is -2.93. The summed E-state index contributed by atoms with van der Waals surface area (Å²) in [6, 6.07) is 0. The van der Waals surface area contributed by atoms with Gasteiger partial charge in [0.15, 0.2) is 0 Å². The van der Waals surface area contributed by atoms with Crippen molar-refractivity contribution in [2.24, 2.45) is 0 Å². The topological polar surface area (TPSA) is 29.5 Å². The monoisotopic (exact) mass is 190 g/mol. The van der Waals surface area contributed by atoms with Gasteiger partial charge in [-0.15, -0.1) is 0 Å². The van der Waals surface area contributed by atoms with E-state index in [1.807, 2.05) is 0 Å². The van der Waals surface area contributed by atoms with Crippen molar-refractivity contribution in [3.05, 3.63) is 12.2 Å². The Hall–Kier alpha value is -0.990. The van der Waals surface area contributed by atoms with Gasteiger partial charge in [0.2, 0.25) is 0 Å². The molecule has 0 spiro atoms. The van der Waals surface area contributed by atoms with Crippen LogP contribution in [-0.2, 0) is 4.74 Å². The Kier molecular flexibility index (Phi) is 2.14. The number of hydrogen-bond donors (Lipinski definition) is 0. The van der Waals surface area contributed by atoms with E-state index in [9.17, 15) is 4.79 Å². The zero-order valence-corrected chi connectivity index (χ0v) is 8.42. The summed E-state index contributed by atoms with van der Waals surface area (Å²) in [5.41, 5.74) is -0.896. The average molecular weight is 190 g/mol. The van der Waals surface area contributed by atoms with Gasteiger partial charge in [-0.3, -0.25) is 0 Å². The molecule has 0 aromatic rings. The van der Waals surface area contributed by atoms with E-state index in [0.29, 0.717) is 0 Å². The lowest BCUT2D eigenvalue weighted by molar-refractivity contribution is 0.0318. The molecule has 0 saturated carbocycles. The lowest BCUT2D eigenvalue weighted by Gasteiger charge is -2.23. The van der Waals surface area contributed by atoms with Crippen molar-refractivity contribution in [2.75, 3.05) is 13.5 Å². The Morgan fingerprint density at radius 1 is 1.69 bits per heavy atom. The number of likely N-dealkylation sites (N-methyl/N-ethyl adjacent to an activating group) is 1. The molecule has 1 amide bonds. The van der Waals surface area contributed by atoms with Crippen molar-refractivity contribution >= 4 is 6.09 Å². The number of amides is 1. The van der Waals surface area contributed by atoms with E-state index in [-0.39, 0.29) is 4.90 Å². The lowest BCUT2D eigenvalue weighted by Crippen LogP contribution is -2.34. The molecule has 0 unspecified atom stereocenters. The number of allylic oxidation sites excluding steroid dienone is 1. The van der Waals surface area contributed by atoms with E-state index >= 15 is 0 Å². The van der Waals surface area contributed by atoms with Crippen molar-refractivity contribution < 1.29 is 16.4 Å². The maximum atomic E-state index is 11.8. The van der Waals surface area contributed by atoms with Gasteiger partial charge in [-0.2, -0.15) is 0 Å². The summed E-state index contributed by atoms with van der Waals surface area (Å²) in [4.78, 5) is 11.9. The summed E-state index contributed by atoms with van der Waals surface area (Å²) in [6.45, 7) is 0.897. The van der Waals surface area contributed by atoms with Crippen LogP contribution in [-0.4, -0.2) is 30.1 Å². The smallest absolute Gasteiger partial charge is 0.410 e. The molecule has 0 fully saturated rings. The van der Waals surface area contributed by atoms with Crippen molar-refractivity contribution in [1.82, 2.24) is 4.90 Å². The number of hydrogen-bond acceptors (Lipinski definition) is 2. The fourth-order valence-corrected chi connectivity index (χ4v) is 0.509. The standard InChI is InChI=1S/C10H19NO2/c1-6-7-8-11(5)9(12)13-10(2,3)4/h6-7H,8H2,1-5H3/b7-6+/i5D3,8D2. The number of carbonyl (C=O) groups is 1. The Bertz CT molecular complexity index is 330. The zero-order valence-electron chi connectivity index (χ0n) is 13.4. The quantitative estimate of drug-likeness (QED) is 0.626. The molecule has 3 nitrogen and oxygen atoms in total. The summed E-state index contributed by atoms with van der Waals surface area (Å²) in [5, 5.41) is 0. The summed E-state index contributed by atoms with van der Waals surface area (Å²) in [5.74, 6) is 0. The second-order valence-corrected chi connectivity index (χ2v) is 3.44. The summed E-state index contributed by atoms with van der Waals surface area (Å²) < 4.78 is 41.9. The van der Waals surface area contributed by atoms with Gasteiger partial charge in [-0.1, -0.05) is 12.2 Å². The van der Waals surface area contributed by atoms with Gasteiger partial charge in [0.05, 0.1) is 2.74 Å². The number of nitrogens with zero attached hydrogens (tertiary/aromatic N) is 1. The first-order valence-corrected chi connectivity index (χ1v) is 3.98. The van der Waals surface area contributed by atoms with E-state index in [0.717, 1.165) is 6.08 Å². The van der Waals surface area contributed by atoms with Crippen molar-refractivity contribution in [2.45, 2.75) is 33.3 Å². The molecule has 0 radical (unpaired) electrons. The van der Waals surface area contributed by atoms with Gasteiger partial charge in [-0.25, -0.2) is 4.79 Å². The first kappa shape index (κ1) is 5.68. The third-order valence-electron chi connectivity index (χ3n) is 0.946. The highest BCUT2D eigenvalue weighted by Gasteiger charge is 2.18. The lowest BCUT2D eigenvalue weighted by atomic mass is 10.2. The van der Waals surface area contributed by atoms with Crippen LogP contribution in [0.1, 0.15) is 34.5 Å². The molecule has 0 aromatic carbocycles. The maximum Gasteiger partial charge on any atom is 0.410 e. The van der Waals surface area contributed by atoms with E-state index in [1.54, 1.807) is 20.8 Å². The predicted octanol–water partition coefficient (Wildman–Crippen LogP) is 2.43. The van der Waals surface area contributed by atoms with Crippen LogP contribution in [0.5, 0.6) is 0 Å². The van der Waals surface area contributed by atoms with Crippen LogP contribution in [0.25, 0.3) is 0 Å². The largest absolute Gasteiger partial charge is 0.444 e. The fraction of sp³-hybridized carbons (Fsp3) is 0.700. The van der Waals surface area contributed by atoms with Gasteiger partial charge < -0.3 is 9.64 Å². The summed E-state index contributed by atoms with van der Waals surface area (Å²) in [6.07, 6.45) is 1.11. The zero-order chi connectivity index (χ0) is 14.8. The third-order valence-corrected chi connectivity index (χ3v) is 0.946. The molecule has 0 aliphatic rings. The van der Waals surface area contributed by atoms with E-state index in [1.165, 1.54) is 13.0 Å². The minimum absolute atomic E-state index is 0.116. The van der Waals surface area contributed by atoms with Gasteiger partial charge in [0.1, 0.15) is 5.60 Å². The second-order valence-electron chi connectivity index (χ2n) is 3.44. The molecule has 0 atom stereocenters. The van der Waals surface area contributed by atoms with Gasteiger partial charge >= 0.3 is 6.09 Å². The molecule has 0 N–H and O–H groups in total. The molecule has 0 heterocycles. The second kappa shape index (κ2) is 4.90. The van der Waals surface area contributed by atoms with Gasteiger partial charge in [0.25, 0.3) is 0 Å². The highest BCUT2D eigenvalue weighted by atomic mass is 16.6. The molecule has 0 saturated heterocycles. The summed E-state index contributed by atoms with van der Waals surface area (Å²) in [7, 11) is 0. The van der Waals surface area contributed by atoms with Crippen molar-refractivity contribution in [1.29, 1.82) is 0 Å². The molecule has 3 heteroatoms. The minimum Gasteiger partial charge on any atom is -0.444 e. The molecular formula is C10H19NO2. The van der Waals surface area contributed by atoms with Crippen LogP contribution in [0.15, 0.2) is 12.2 Å². The van der Waals surface area contributed by atoms with Crippen LogP contribution in [0.4, 0.5) is 4.79 Å². The van der Waals surface area contributed by atoms with Gasteiger partial charge in [0, 0.05) is 17.6 Å². The molecule has 0 aromatic heterocycles. The van der Waals surface area contributed by atoms with Crippen molar-refractivity contribution in [3.63, 3.8) is 0 Å². The van der Waals surface area contributed by atoms with Crippen LogP contribution < -0.4 is 0 Å². The number of carbonyl (C=O) groups excluding carboxylic acids is 1. The SMILES string of the molecule is [2H]C([2H])([2H])N(C(=O)OC(C)(C)C)C([2H])([2H])/C=C/C. The van der Waals surface area contributed by atoms with Crippen LogP contribution >= 0.6 is 0 Å². The Labute approximate surface area is 87.4 Å². The normalized spacial score (nSPS) is 19.5. The maximum absolute atomic E-state index is 11.8. The Morgan fingerprint density at radius 3 is 2.69 bits per heavy atom. The number of ether oxygens (including phenoxy) is 1. The van der Waals surface area contributed by atoms with Crippen LogP contribution in [0.3, 0.4) is 0 Å². The Balaban J connectivity index is 5.34. The first-order valence-electron chi connectivity index (χ1n) is 6.48. The fourth-order valence-electron chi connectivity index (χ4n) is 0.509. The number of rotatable bonds is 2. The Morgan fingerprint density at radius 2 is 2.31 bits per heavy atom. The molecule has 76 valence electrons. The first-order chi connectivity index (χ1) is 7.81. The van der Waals surface area contributed by atoms with E-state index in [2.05, 4.69) is 0 Å². The molecule has 13 heavy (non-hydrogen) atoms. The van der Waals surface area contributed by atoms with Crippen molar-refractivity contribution in [3.8, 4) is 0 Å². The summed E-state index contributed by atoms with van der Waals surface area (Å²) >= 11 is 0. The van der Waals surface area contributed by atoms with Gasteiger partial charge in [-0.05, 0) is 27.7 Å². The highest BCUT2D eigenvalue weighted by molar-refractivity contribution is 5.67. The predicted molar refractivity (Wildman–Crippen MR) is 53.7 cm³/mol. The third kappa shape index (κ3) is 6.20. The molecule has 0 aliphatic carbocycles. The van der Waals surface area contributed by atoms with E-state index < -0.39 is 25.2 Å².